The Bertz CT molecular complexity index is 612. The molecule has 0 amide bonds. The van der Waals surface area contributed by atoms with Crippen LogP contribution in [0.15, 0.2) is 54.6 Å². The van der Waals surface area contributed by atoms with E-state index in [0.29, 0.717) is 12.0 Å². The van der Waals surface area contributed by atoms with E-state index in [1.165, 1.54) is 23.1 Å². The summed E-state index contributed by atoms with van der Waals surface area (Å²) in [6.07, 6.45) is 1.21. The second kappa shape index (κ2) is 10.8. The SMILES string of the molecule is CCC(C)[C@H](c1cccc(-c2ccccc2)c1)N1CCNCC1.Cl.Cl. The number of halogens is 2. The summed E-state index contributed by atoms with van der Waals surface area (Å²) in [6.45, 7) is 9.19. The van der Waals surface area contributed by atoms with Gasteiger partial charge in [-0.05, 0) is 28.7 Å². The lowest BCUT2D eigenvalue weighted by Gasteiger charge is -2.38. The third-order valence-corrected chi connectivity index (χ3v) is 5.06. The fourth-order valence-corrected chi connectivity index (χ4v) is 3.62. The fraction of sp³-hybridized carbons (Fsp3) is 0.429. The van der Waals surface area contributed by atoms with Gasteiger partial charge in [-0.3, -0.25) is 4.90 Å². The summed E-state index contributed by atoms with van der Waals surface area (Å²) in [7, 11) is 0. The predicted molar refractivity (Wildman–Crippen MR) is 113 cm³/mol. The monoisotopic (exact) mass is 380 g/mol. The number of benzene rings is 2. The van der Waals surface area contributed by atoms with E-state index in [9.17, 15) is 0 Å². The molecular formula is C21H30Cl2N2. The van der Waals surface area contributed by atoms with E-state index < -0.39 is 0 Å². The molecule has 2 nitrogen and oxygen atoms in total. The zero-order valence-corrected chi connectivity index (χ0v) is 16.8. The molecule has 1 saturated heterocycles. The average Bonchev–Trinajstić information content (AvgIpc) is 2.64. The molecule has 0 aliphatic carbocycles. The van der Waals surface area contributed by atoms with E-state index in [2.05, 4.69) is 78.7 Å². The highest BCUT2D eigenvalue weighted by Crippen LogP contribution is 2.33. The van der Waals surface area contributed by atoms with Gasteiger partial charge in [0.2, 0.25) is 0 Å². The van der Waals surface area contributed by atoms with Crippen molar-refractivity contribution in [2.45, 2.75) is 26.3 Å². The lowest BCUT2D eigenvalue weighted by atomic mass is 9.89. The molecule has 1 heterocycles. The summed E-state index contributed by atoms with van der Waals surface area (Å²) in [5.74, 6) is 0.666. The van der Waals surface area contributed by atoms with Gasteiger partial charge in [0.05, 0.1) is 0 Å². The minimum Gasteiger partial charge on any atom is -0.314 e. The number of hydrogen-bond donors (Lipinski definition) is 1. The summed E-state index contributed by atoms with van der Waals surface area (Å²) >= 11 is 0. The Kier molecular flexibility index (Phi) is 9.52. The van der Waals surface area contributed by atoms with Crippen molar-refractivity contribution in [1.29, 1.82) is 0 Å². The van der Waals surface area contributed by atoms with Crippen LogP contribution in [0.3, 0.4) is 0 Å². The van der Waals surface area contributed by atoms with Crippen LogP contribution in [0.4, 0.5) is 0 Å². The summed E-state index contributed by atoms with van der Waals surface area (Å²) in [5, 5.41) is 3.47. The topological polar surface area (TPSA) is 15.3 Å². The smallest absolute Gasteiger partial charge is 0.0374 e. The van der Waals surface area contributed by atoms with Crippen LogP contribution in [-0.2, 0) is 0 Å². The van der Waals surface area contributed by atoms with Gasteiger partial charge in [-0.25, -0.2) is 0 Å². The molecule has 2 atom stereocenters. The molecule has 0 bridgehead atoms. The summed E-state index contributed by atoms with van der Waals surface area (Å²) in [6, 6.07) is 20.4. The number of nitrogens with one attached hydrogen (secondary N) is 1. The van der Waals surface area contributed by atoms with E-state index in [-0.39, 0.29) is 24.8 Å². The molecule has 25 heavy (non-hydrogen) atoms. The van der Waals surface area contributed by atoms with Crippen molar-refractivity contribution < 1.29 is 0 Å². The number of rotatable bonds is 5. The highest BCUT2D eigenvalue weighted by atomic mass is 35.5. The van der Waals surface area contributed by atoms with E-state index in [1.807, 2.05) is 0 Å². The van der Waals surface area contributed by atoms with Crippen LogP contribution in [0, 0.1) is 5.92 Å². The van der Waals surface area contributed by atoms with Gasteiger partial charge >= 0.3 is 0 Å². The van der Waals surface area contributed by atoms with Gasteiger partial charge in [-0.2, -0.15) is 0 Å². The van der Waals surface area contributed by atoms with Crippen molar-refractivity contribution in [3.8, 4) is 11.1 Å². The normalized spacial score (nSPS) is 17.0. The summed E-state index contributed by atoms with van der Waals surface area (Å²) in [5.41, 5.74) is 4.09. The van der Waals surface area contributed by atoms with Crippen molar-refractivity contribution in [3.05, 3.63) is 60.2 Å². The lowest BCUT2D eigenvalue weighted by molar-refractivity contribution is 0.128. The summed E-state index contributed by atoms with van der Waals surface area (Å²) < 4.78 is 0. The van der Waals surface area contributed by atoms with Gasteiger partial charge in [-0.1, -0.05) is 68.8 Å². The maximum atomic E-state index is 3.47. The Morgan fingerprint density at radius 1 is 0.920 bits per heavy atom. The molecule has 0 aromatic heterocycles. The highest BCUT2D eigenvalue weighted by Gasteiger charge is 2.26. The predicted octanol–water partition coefficient (Wildman–Crippen LogP) is 5.19. The Morgan fingerprint density at radius 2 is 1.56 bits per heavy atom. The zero-order valence-electron chi connectivity index (χ0n) is 15.2. The van der Waals surface area contributed by atoms with Crippen molar-refractivity contribution >= 4 is 24.8 Å². The lowest BCUT2D eigenvalue weighted by Crippen LogP contribution is -2.46. The van der Waals surface area contributed by atoms with Crippen LogP contribution >= 0.6 is 24.8 Å². The molecule has 0 spiro atoms. The van der Waals surface area contributed by atoms with Gasteiger partial charge in [-0.15, -0.1) is 24.8 Å². The molecule has 0 radical (unpaired) electrons. The minimum atomic E-state index is 0. The zero-order chi connectivity index (χ0) is 16.1. The van der Waals surface area contributed by atoms with Crippen LogP contribution in [0.2, 0.25) is 0 Å². The van der Waals surface area contributed by atoms with Crippen molar-refractivity contribution in [2.24, 2.45) is 5.92 Å². The Labute approximate surface area is 164 Å². The van der Waals surface area contributed by atoms with Gasteiger partial charge in [0.15, 0.2) is 0 Å². The molecule has 1 aliphatic rings. The molecule has 3 rings (SSSR count). The van der Waals surface area contributed by atoms with E-state index >= 15 is 0 Å². The molecule has 0 saturated carbocycles. The summed E-state index contributed by atoms with van der Waals surface area (Å²) in [4.78, 5) is 2.66. The van der Waals surface area contributed by atoms with Crippen molar-refractivity contribution in [2.75, 3.05) is 26.2 Å². The molecule has 2 aromatic rings. The quantitative estimate of drug-likeness (QED) is 0.767. The molecule has 2 aromatic carbocycles. The maximum Gasteiger partial charge on any atom is 0.0374 e. The van der Waals surface area contributed by atoms with Crippen LogP contribution in [0.1, 0.15) is 31.9 Å². The first-order chi connectivity index (χ1) is 11.3. The second-order valence-corrected chi connectivity index (χ2v) is 6.61. The molecule has 1 fully saturated rings. The third kappa shape index (κ3) is 5.46. The molecule has 1 aliphatic heterocycles. The van der Waals surface area contributed by atoms with Gasteiger partial charge in [0, 0.05) is 32.2 Å². The van der Waals surface area contributed by atoms with Gasteiger partial charge in [0.25, 0.3) is 0 Å². The number of hydrogen-bond acceptors (Lipinski definition) is 2. The maximum absolute atomic E-state index is 3.47. The highest BCUT2D eigenvalue weighted by molar-refractivity contribution is 5.85. The Morgan fingerprint density at radius 3 is 2.20 bits per heavy atom. The Hall–Kier alpha value is -1.06. The first-order valence-electron chi connectivity index (χ1n) is 8.89. The molecule has 4 heteroatoms. The third-order valence-electron chi connectivity index (χ3n) is 5.06. The van der Waals surface area contributed by atoms with Gasteiger partial charge in [0.1, 0.15) is 0 Å². The van der Waals surface area contributed by atoms with Crippen LogP contribution < -0.4 is 5.32 Å². The molecule has 1 N–H and O–H groups in total. The largest absolute Gasteiger partial charge is 0.314 e. The van der Waals surface area contributed by atoms with E-state index in [1.54, 1.807) is 0 Å². The first kappa shape index (κ1) is 22.0. The average molecular weight is 381 g/mol. The molecule has 1 unspecified atom stereocenters. The fourth-order valence-electron chi connectivity index (χ4n) is 3.62. The van der Waals surface area contributed by atoms with Crippen LogP contribution in [0.5, 0.6) is 0 Å². The number of piperazine rings is 1. The van der Waals surface area contributed by atoms with E-state index in [0.717, 1.165) is 26.2 Å². The standard InChI is InChI=1S/C21H28N2.2ClH/c1-3-17(2)21(23-14-12-22-13-15-23)20-11-7-10-19(16-20)18-8-5-4-6-9-18;;/h4-11,16-17,21-22H,3,12-15H2,1-2H3;2*1H/t17?,21-;;/m1../s1. The van der Waals surface area contributed by atoms with E-state index in [4.69, 9.17) is 0 Å². The van der Waals surface area contributed by atoms with Crippen LogP contribution in [-0.4, -0.2) is 31.1 Å². The van der Waals surface area contributed by atoms with Crippen molar-refractivity contribution in [3.63, 3.8) is 0 Å². The second-order valence-electron chi connectivity index (χ2n) is 6.61. The van der Waals surface area contributed by atoms with Crippen LogP contribution in [0.25, 0.3) is 11.1 Å². The first-order valence-corrected chi connectivity index (χ1v) is 8.89. The minimum absolute atomic E-state index is 0. The van der Waals surface area contributed by atoms with Gasteiger partial charge < -0.3 is 5.32 Å². The molecular weight excluding hydrogens is 351 g/mol. The Balaban J connectivity index is 0.00000156. The number of nitrogens with zero attached hydrogens (tertiary/aromatic N) is 1. The molecule has 138 valence electrons. The van der Waals surface area contributed by atoms with Crippen molar-refractivity contribution in [1.82, 2.24) is 10.2 Å².